The van der Waals surface area contributed by atoms with Crippen LogP contribution < -0.4 is 5.32 Å². The van der Waals surface area contributed by atoms with Crippen molar-refractivity contribution in [2.75, 3.05) is 13.2 Å². The molecule has 2 N–H and O–H groups in total. The number of benzene rings is 3. The third-order valence-corrected chi connectivity index (χ3v) is 5.23. The Bertz CT molecular complexity index is 1150. The van der Waals surface area contributed by atoms with Crippen LogP contribution in [-0.4, -0.2) is 48.2 Å². The van der Waals surface area contributed by atoms with Crippen LogP contribution >= 0.6 is 0 Å². The van der Waals surface area contributed by atoms with Crippen molar-refractivity contribution in [3.8, 4) is 0 Å². The first-order chi connectivity index (χ1) is 15.9. The molecule has 0 heterocycles. The fraction of sp³-hybridized carbons (Fsp3) is 0.280. The van der Waals surface area contributed by atoms with Crippen LogP contribution in [0.25, 0.3) is 21.5 Å². The fourth-order valence-corrected chi connectivity index (χ4v) is 3.79. The number of carboxylic acid groups (broad SMARTS) is 1. The van der Waals surface area contributed by atoms with Crippen LogP contribution in [0.2, 0.25) is 0 Å². The van der Waals surface area contributed by atoms with Crippen molar-refractivity contribution in [1.29, 1.82) is 0 Å². The largest absolute Gasteiger partial charge is 0.480 e. The summed E-state index contributed by atoms with van der Waals surface area (Å²) in [7, 11) is 0. The summed E-state index contributed by atoms with van der Waals surface area (Å²) in [5.41, 5.74) is 0.286. The van der Waals surface area contributed by atoms with E-state index >= 15 is 0 Å². The third-order valence-electron chi connectivity index (χ3n) is 5.23. The molecule has 0 aliphatic carbocycles. The molecule has 0 aliphatic heterocycles. The van der Waals surface area contributed by atoms with Gasteiger partial charge in [-0.15, -0.1) is 0 Å². The first-order valence-corrected chi connectivity index (χ1v) is 10.6. The molecule has 0 fully saturated rings. The van der Waals surface area contributed by atoms with Gasteiger partial charge in [0.05, 0.1) is 31.1 Å². The highest BCUT2D eigenvalue weighted by Gasteiger charge is 2.38. The molecule has 0 saturated heterocycles. The van der Waals surface area contributed by atoms with Crippen molar-refractivity contribution < 1.29 is 33.8 Å². The number of esters is 2. The Labute approximate surface area is 190 Å². The Morgan fingerprint density at radius 3 is 1.94 bits per heavy atom. The Morgan fingerprint density at radius 1 is 0.879 bits per heavy atom. The summed E-state index contributed by atoms with van der Waals surface area (Å²) >= 11 is 0. The minimum atomic E-state index is -1.70. The van der Waals surface area contributed by atoms with Crippen LogP contribution in [0.3, 0.4) is 0 Å². The lowest BCUT2D eigenvalue weighted by molar-refractivity contribution is -0.159. The quantitative estimate of drug-likeness (QED) is 0.378. The van der Waals surface area contributed by atoms with Crippen molar-refractivity contribution in [3.05, 3.63) is 60.2 Å². The lowest BCUT2D eigenvalue weighted by Crippen LogP contribution is -2.49. The second-order valence-electron chi connectivity index (χ2n) is 7.35. The Hall–Kier alpha value is -3.94. The van der Waals surface area contributed by atoms with E-state index in [-0.39, 0.29) is 18.8 Å². The fourth-order valence-electron chi connectivity index (χ4n) is 3.79. The van der Waals surface area contributed by atoms with E-state index in [9.17, 15) is 24.3 Å². The highest BCUT2D eigenvalue weighted by atomic mass is 16.5. The summed E-state index contributed by atoms with van der Waals surface area (Å²) in [6, 6.07) is 14.8. The van der Waals surface area contributed by atoms with E-state index in [2.05, 4.69) is 5.32 Å². The van der Waals surface area contributed by atoms with Gasteiger partial charge in [0, 0.05) is 0 Å². The lowest BCUT2D eigenvalue weighted by atomic mass is 9.93. The summed E-state index contributed by atoms with van der Waals surface area (Å²) in [4.78, 5) is 50.1. The molecule has 0 saturated carbocycles. The maximum absolute atomic E-state index is 13.4. The molecule has 172 valence electrons. The van der Waals surface area contributed by atoms with Crippen LogP contribution in [0.4, 0.5) is 0 Å². The molecule has 0 spiro atoms. The number of carbonyl (C=O) groups is 4. The molecule has 33 heavy (non-hydrogen) atoms. The Balaban J connectivity index is 2.04. The van der Waals surface area contributed by atoms with Crippen molar-refractivity contribution in [2.24, 2.45) is 5.92 Å². The molecule has 3 aromatic rings. The molecule has 8 nitrogen and oxygen atoms in total. The summed E-state index contributed by atoms with van der Waals surface area (Å²) in [5, 5.41) is 15.2. The number of carboxylic acids is 1. The molecule has 0 unspecified atom stereocenters. The standard InChI is InChI=1S/C25H25NO7/c1-3-32-20(27)14-19(25(31)33-4-2)22(24(29)30)26-23(28)21-17-11-7-5-9-15(17)13-16-10-6-8-12-18(16)21/h5-13,19,22H,3-4,14H2,1-2H3,(H,26,28)(H,29,30)/t19-,22+/m0/s1. The van der Waals surface area contributed by atoms with E-state index in [4.69, 9.17) is 9.47 Å². The number of fused-ring (bicyclic) bond motifs is 2. The van der Waals surface area contributed by atoms with Gasteiger partial charge in [-0.1, -0.05) is 48.5 Å². The highest BCUT2D eigenvalue weighted by Crippen LogP contribution is 2.29. The van der Waals surface area contributed by atoms with Gasteiger partial charge in [0.15, 0.2) is 0 Å². The SMILES string of the molecule is CCOC(=O)C[C@H](C(=O)OCC)[C@@H](NC(=O)c1c2ccccc2cc2ccccc12)C(=O)O. The molecular weight excluding hydrogens is 426 g/mol. The van der Waals surface area contributed by atoms with Crippen molar-refractivity contribution in [3.63, 3.8) is 0 Å². The molecule has 8 heteroatoms. The minimum absolute atomic E-state index is 0.00754. The summed E-state index contributed by atoms with van der Waals surface area (Å²) < 4.78 is 9.86. The topological polar surface area (TPSA) is 119 Å². The zero-order chi connectivity index (χ0) is 24.0. The first kappa shape index (κ1) is 23.7. The summed E-state index contributed by atoms with van der Waals surface area (Å²) in [5.74, 6) is -5.25. The van der Waals surface area contributed by atoms with Crippen molar-refractivity contribution >= 4 is 45.4 Å². The lowest BCUT2D eigenvalue weighted by Gasteiger charge is -2.23. The van der Waals surface area contributed by atoms with Crippen LogP contribution in [0.15, 0.2) is 54.6 Å². The number of hydrogen-bond donors (Lipinski definition) is 2. The van der Waals surface area contributed by atoms with E-state index in [1.807, 2.05) is 30.3 Å². The average Bonchev–Trinajstić information content (AvgIpc) is 2.79. The van der Waals surface area contributed by atoms with Gasteiger partial charge in [0.2, 0.25) is 0 Å². The molecule has 0 bridgehead atoms. The maximum Gasteiger partial charge on any atom is 0.327 e. The Morgan fingerprint density at radius 2 is 1.42 bits per heavy atom. The van der Waals surface area contributed by atoms with Gasteiger partial charge in [0.25, 0.3) is 5.91 Å². The van der Waals surface area contributed by atoms with Gasteiger partial charge < -0.3 is 19.9 Å². The minimum Gasteiger partial charge on any atom is -0.480 e. The van der Waals surface area contributed by atoms with Gasteiger partial charge in [-0.3, -0.25) is 14.4 Å². The molecule has 0 aliphatic rings. The predicted octanol–water partition coefficient (Wildman–Crippen LogP) is 3.31. The number of hydrogen-bond acceptors (Lipinski definition) is 6. The van der Waals surface area contributed by atoms with E-state index in [1.165, 1.54) is 0 Å². The van der Waals surface area contributed by atoms with Gasteiger partial charge in [-0.2, -0.15) is 0 Å². The number of rotatable bonds is 9. The van der Waals surface area contributed by atoms with Crippen LogP contribution in [-0.2, 0) is 23.9 Å². The van der Waals surface area contributed by atoms with Gasteiger partial charge in [0.1, 0.15) is 6.04 Å². The number of aliphatic carboxylic acids is 1. The smallest absolute Gasteiger partial charge is 0.327 e. The van der Waals surface area contributed by atoms with E-state index in [1.54, 1.807) is 38.1 Å². The molecule has 0 radical (unpaired) electrons. The predicted molar refractivity (Wildman–Crippen MR) is 122 cm³/mol. The first-order valence-electron chi connectivity index (χ1n) is 10.6. The van der Waals surface area contributed by atoms with E-state index in [0.717, 1.165) is 10.8 Å². The molecule has 1 amide bonds. The molecule has 3 rings (SSSR count). The second kappa shape index (κ2) is 10.6. The van der Waals surface area contributed by atoms with E-state index < -0.39 is 42.2 Å². The summed E-state index contributed by atoms with van der Waals surface area (Å²) in [6.45, 7) is 3.22. The number of nitrogens with one attached hydrogen (secondary N) is 1. The maximum atomic E-state index is 13.4. The Kier molecular flexibility index (Phi) is 7.61. The zero-order valence-corrected chi connectivity index (χ0v) is 18.4. The molecule has 3 aromatic carbocycles. The number of ether oxygens (including phenoxy) is 2. The van der Waals surface area contributed by atoms with Crippen molar-refractivity contribution in [1.82, 2.24) is 5.32 Å². The van der Waals surface area contributed by atoms with Gasteiger partial charge >= 0.3 is 17.9 Å². The van der Waals surface area contributed by atoms with Crippen molar-refractivity contribution in [2.45, 2.75) is 26.3 Å². The number of carbonyl (C=O) groups excluding carboxylic acids is 3. The van der Waals surface area contributed by atoms with Crippen LogP contribution in [0, 0.1) is 5.92 Å². The van der Waals surface area contributed by atoms with E-state index in [0.29, 0.717) is 10.8 Å². The number of amides is 1. The van der Waals surface area contributed by atoms with Crippen LogP contribution in [0.1, 0.15) is 30.6 Å². The highest BCUT2D eigenvalue weighted by molar-refractivity contribution is 6.18. The van der Waals surface area contributed by atoms with Gasteiger partial charge in [-0.05, 0) is 41.5 Å². The third kappa shape index (κ3) is 5.28. The molecule has 2 atom stereocenters. The second-order valence-corrected chi connectivity index (χ2v) is 7.35. The normalized spacial score (nSPS) is 12.7. The monoisotopic (exact) mass is 451 g/mol. The average molecular weight is 451 g/mol. The molecule has 0 aromatic heterocycles. The summed E-state index contributed by atoms with van der Waals surface area (Å²) in [6.07, 6.45) is -0.541. The molecular formula is C25H25NO7. The van der Waals surface area contributed by atoms with Crippen LogP contribution in [0.5, 0.6) is 0 Å². The zero-order valence-electron chi connectivity index (χ0n) is 18.4. The van der Waals surface area contributed by atoms with Gasteiger partial charge in [-0.25, -0.2) is 4.79 Å².